The molecular formula is C50H97NO8P+. The van der Waals surface area contributed by atoms with Crippen molar-refractivity contribution in [3.05, 3.63) is 24.3 Å². The number of carbonyl (C=O) groups is 2. The molecule has 2 atom stereocenters. The molecule has 1 N–H and O–H groups in total. The van der Waals surface area contributed by atoms with Crippen LogP contribution in [-0.2, 0) is 32.7 Å². The Morgan fingerprint density at radius 2 is 0.850 bits per heavy atom. The van der Waals surface area contributed by atoms with Crippen LogP contribution in [0.5, 0.6) is 0 Å². The number of phosphoric acid groups is 1. The van der Waals surface area contributed by atoms with Gasteiger partial charge in [0.05, 0.1) is 27.7 Å². The SMILES string of the molecule is CCCCCCCC/C=C\CCCCCCCCCCC(=O)OCC(COP(=O)(O)OCC[N+](C)(C)C)OC(=O)CCCCCCCCCC/C=C\CCCCCCCC. The van der Waals surface area contributed by atoms with E-state index >= 15 is 0 Å². The van der Waals surface area contributed by atoms with E-state index < -0.39 is 26.5 Å². The van der Waals surface area contributed by atoms with E-state index in [0.717, 1.165) is 38.5 Å². The van der Waals surface area contributed by atoms with Gasteiger partial charge in [0, 0.05) is 12.8 Å². The minimum atomic E-state index is -4.38. The summed E-state index contributed by atoms with van der Waals surface area (Å²) in [6.45, 7) is 4.44. The highest BCUT2D eigenvalue weighted by Crippen LogP contribution is 2.43. The zero-order valence-electron chi connectivity index (χ0n) is 40.0. The molecule has 2 unspecified atom stereocenters. The van der Waals surface area contributed by atoms with Crippen molar-refractivity contribution in [2.75, 3.05) is 47.5 Å². The van der Waals surface area contributed by atoms with Crippen LogP contribution in [0.15, 0.2) is 24.3 Å². The first-order valence-electron chi connectivity index (χ1n) is 25.1. The van der Waals surface area contributed by atoms with Gasteiger partial charge in [-0.15, -0.1) is 0 Å². The Bertz CT molecular complexity index is 1070. The van der Waals surface area contributed by atoms with Crippen LogP contribution < -0.4 is 0 Å². The van der Waals surface area contributed by atoms with Crippen LogP contribution in [0.3, 0.4) is 0 Å². The van der Waals surface area contributed by atoms with Crippen molar-refractivity contribution in [1.29, 1.82) is 0 Å². The molecule has 9 nitrogen and oxygen atoms in total. The van der Waals surface area contributed by atoms with Gasteiger partial charge in [0.1, 0.15) is 19.8 Å². The van der Waals surface area contributed by atoms with Crippen molar-refractivity contribution < 1.29 is 42.1 Å². The number of hydrogen-bond donors (Lipinski definition) is 1. The number of rotatable bonds is 46. The number of nitrogens with zero attached hydrogens (tertiary/aromatic N) is 1. The molecule has 10 heteroatoms. The summed E-state index contributed by atoms with van der Waals surface area (Å²) < 4.78 is 34.4. The number of allylic oxidation sites excluding steroid dienone is 4. The standard InChI is InChI=1S/C50H96NO8P/c1-6-8-10-12-14-16-18-20-22-24-26-28-30-32-34-36-38-40-42-49(52)56-46-48(47-58-60(54,55)57-45-44-51(3,4)5)59-50(53)43-41-39-37-35-33-31-29-27-25-23-21-19-17-15-13-11-9-7-2/h20-23,48H,6-19,24-47H2,1-5H3/p+1/b22-20-,23-21-. The highest BCUT2D eigenvalue weighted by molar-refractivity contribution is 7.47. The van der Waals surface area contributed by atoms with Gasteiger partial charge in [-0.05, 0) is 64.2 Å². The molecule has 0 aromatic heterocycles. The second-order valence-corrected chi connectivity index (χ2v) is 19.6. The molecule has 0 aliphatic carbocycles. The lowest BCUT2D eigenvalue weighted by Gasteiger charge is -2.24. The summed E-state index contributed by atoms with van der Waals surface area (Å²) in [6, 6.07) is 0. The quantitative estimate of drug-likeness (QED) is 0.0212. The van der Waals surface area contributed by atoms with Gasteiger partial charge in [-0.3, -0.25) is 18.6 Å². The second-order valence-electron chi connectivity index (χ2n) is 18.2. The normalized spacial score (nSPS) is 13.6. The fourth-order valence-electron chi connectivity index (χ4n) is 7.00. The second kappa shape index (κ2) is 42.8. The largest absolute Gasteiger partial charge is 0.472 e. The van der Waals surface area contributed by atoms with Gasteiger partial charge in [0.2, 0.25) is 0 Å². The molecule has 0 aromatic carbocycles. The first kappa shape index (κ1) is 58.5. The molecule has 0 rings (SSSR count). The zero-order chi connectivity index (χ0) is 44.3. The topological polar surface area (TPSA) is 108 Å². The number of quaternary nitrogens is 1. The summed E-state index contributed by atoms with van der Waals surface area (Å²) in [4.78, 5) is 35.5. The Morgan fingerprint density at radius 1 is 0.500 bits per heavy atom. The fraction of sp³-hybridized carbons (Fsp3) is 0.880. The van der Waals surface area contributed by atoms with Crippen molar-refractivity contribution >= 4 is 19.8 Å². The molecule has 0 aliphatic rings. The highest BCUT2D eigenvalue weighted by atomic mass is 31.2. The maximum absolute atomic E-state index is 12.7. The van der Waals surface area contributed by atoms with E-state index in [-0.39, 0.29) is 32.0 Å². The molecule has 0 radical (unpaired) electrons. The number of hydrogen-bond acceptors (Lipinski definition) is 7. The Labute approximate surface area is 370 Å². The number of phosphoric ester groups is 1. The average Bonchev–Trinajstić information content (AvgIpc) is 3.20. The highest BCUT2D eigenvalue weighted by Gasteiger charge is 2.27. The lowest BCUT2D eigenvalue weighted by atomic mass is 10.1. The molecule has 0 amide bonds. The number of unbranched alkanes of at least 4 members (excludes halogenated alkanes) is 28. The van der Waals surface area contributed by atoms with Gasteiger partial charge in [0.25, 0.3) is 0 Å². The van der Waals surface area contributed by atoms with Crippen LogP contribution >= 0.6 is 7.82 Å². The molecule has 0 bridgehead atoms. The summed E-state index contributed by atoms with van der Waals surface area (Å²) in [5, 5.41) is 0. The monoisotopic (exact) mass is 871 g/mol. The van der Waals surface area contributed by atoms with E-state index in [4.69, 9.17) is 18.5 Å². The van der Waals surface area contributed by atoms with E-state index in [9.17, 15) is 19.0 Å². The number of ether oxygens (including phenoxy) is 2. The van der Waals surface area contributed by atoms with E-state index in [0.29, 0.717) is 17.4 Å². The first-order valence-corrected chi connectivity index (χ1v) is 26.6. The Balaban J connectivity index is 4.27. The summed E-state index contributed by atoms with van der Waals surface area (Å²) in [6.07, 6.45) is 47.9. The van der Waals surface area contributed by atoms with E-state index in [1.807, 2.05) is 21.1 Å². The third kappa shape index (κ3) is 46.0. The minimum Gasteiger partial charge on any atom is -0.462 e. The van der Waals surface area contributed by atoms with Crippen LogP contribution in [0.2, 0.25) is 0 Å². The third-order valence-corrected chi connectivity index (χ3v) is 11.9. The average molecular weight is 871 g/mol. The van der Waals surface area contributed by atoms with Gasteiger partial charge in [-0.1, -0.05) is 179 Å². The fourth-order valence-corrected chi connectivity index (χ4v) is 7.75. The Kier molecular flexibility index (Phi) is 41.7. The van der Waals surface area contributed by atoms with Gasteiger partial charge in [0.15, 0.2) is 6.10 Å². The van der Waals surface area contributed by atoms with Gasteiger partial charge < -0.3 is 18.9 Å². The van der Waals surface area contributed by atoms with Crippen molar-refractivity contribution in [3.8, 4) is 0 Å². The third-order valence-electron chi connectivity index (χ3n) is 11.0. The minimum absolute atomic E-state index is 0.0322. The molecule has 0 fully saturated rings. The molecule has 0 saturated carbocycles. The number of likely N-dealkylation sites (N-methyl/N-ethyl adjacent to an activating group) is 1. The zero-order valence-corrected chi connectivity index (χ0v) is 40.9. The van der Waals surface area contributed by atoms with Crippen LogP contribution in [0.1, 0.15) is 232 Å². The van der Waals surface area contributed by atoms with Crippen molar-refractivity contribution in [3.63, 3.8) is 0 Å². The maximum atomic E-state index is 12.7. The summed E-state index contributed by atoms with van der Waals surface area (Å²) >= 11 is 0. The van der Waals surface area contributed by atoms with Gasteiger partial charge in [-0.2, -0.15) is 0 Å². The van der Waals surface area contributed by atoms with Gasteiger partial charge in [-0.25, -0.2) is 4.57 Å². The van der Waals surface area contributed by atoms with Gasteiger partial charge >= 0.3 is 19.8 Å². The van der Waals surface area contributed by atoms with Crippen LogP contribution in [-0.4, -0.2) is 74.9 Å². The van der Waals surface area contributed by atoms with E-state index in [1.165, 1.54) is 161 Å². The van der Waals surface area contributed by atoms with Crippen LogP contribution in [0.25, 0.3) is 0 Å². The molecule has 0 spiro atoms. The summed E-state index contributed by atoms with van der Waals surface area (Å²) in [7, 11) is 1.48. The molecule has 0 aliphatic heterocycles. The van der Waals surface area contributed by atoms with Crippen LogP contribution in [0.4, 0.5) is 0 Å². The number of esters is 2. The predicted molar refractivity (Wildman–Crippen MR) is 252 cm³/mol. The maximum Gasteiger partial charge on any atom is 0.472 e. The molecule has 0 saturated heterocycles. The van der Waals surface area contributed by atoms with Crippen molar-refractivity contribution in [1.82, 2.24) is 0 Å². The summed E-state index contributed by atoms with van der Waals surface area (Å²) in [5.41, 5.74) is 0. The van der Waals surface area contributed by atoms with E-state index in [1.54, 1.807) is 0 Å². The summed E-state index contributed by atoms with van der Waals surface area (Å²) in [5.74, 6) is -0.796. The Morgan fingerprint density at radius 3 is 1.23 bits per heavy atom. The lowest BCUT2D eigenvalue weighted by molar-refractivity contribution is -0.870. The molecule has 60 heavy (non-hydrogen) atoms. The van der Waals surface area contributed by atoms with Crippen molar-refractivity contribution in [2.24, 2.45) is 0 Å². The van der Waals surface area contributed by atoms with E-state index in [2.05, 4.69) is 38.2 Å². The predicted octanol–water partition coefficient (Wildman–Crippen LogP) is 14.7. The van der Waals surface area contributed by atoms with Crippen molar-refractivity contribution in [2.45, 2.75) is 238 Å². The number of carbonyl (C=O) groups excluding carboxylic acids is 2. The first-order chi connectivity index (χ1) is 29.0. The van der Waals surface area contributed by atoms with Crippen LogP contribution in [0, 0.1) is 0 Å². The lowest BCUT2D eigenvalue weighted by Crippen LogP contribution is -2.37. The smallest absolute Gasteiger partial charge is 0.462 e. The molecule has 0 aromatic rings. The molecule has 0 heterocycles. The Hall–Kier alpha value is -1.51. The molecular weight excluding hydrogens is 774 g/mol. The molecule has 354 valence electrons.